The molecule has 0 aliphatic carbocycles. The standard InChI is InChI=1S/C21H15FN2O5/c22-16-8-10-17(11-9-16)23-20(25)19(14-4-2-1-3-5-14)29-21(26)15-6-12-18(13-7-15)24(27)28/h1-13,19H,(H,23,25)/t19-/m0/s1. The van der Waals surface area contributed by atoms with E-state index in [9.17, 15) is 24.1 Å². The lowest BCUT2D eigenvalue weighted by Gasteiger charge is -2.18. The van der Waals surface area contributed by atoms with E-state index < -0.39 is 28.7 Å². The van der Waals surface area contributed by atoms with Crippen LogP contribution in [0.2, 0.25) is 0 Å². The Morgan fingerprint density at radius 1 is 0.931 bits per heavy atom. The predicted octanol–water partition coefficient (Wildman–Crippen LogP) is 4.27. The van der Waals surface area contributed by atoms with Crippen LogP contribution in [0.25, 0.3) is 0 Å². The maximum atomic E-state index is 13.1. The fourth-order valence-corrected chi connectivity index (χ4v) is 2.54. The van der Waals surface area contributed by atoms with Crippen molar-refractivity contribution in [3.8, 4) is 0 Å². The molecule has 1 N–H and O–H groups in total. The molecular weight excluding hydrogens is 379 g/mol. The molecule has 0 heterocycles. The van der Waals surface area contributed by atoms with Crippen molar-refractivity contribution in [3.63, 3.8) is 0 Å². The number of nitrogens with one attached hydrogen (secondary N) is 1. The first kappa shape index (κ1) is 19.7. The van der Waals surface area contributed by atoms with Gasteiger partial charge in [-0.1, -0.05) is 30.3 Å². The van der Waals surface area contributed by atoms with Crippen LogP contribution in [0.4, 0.5) is 15.8 Å². The third kappa shape index (κ3) is 5.01. The van der Waals surface area contributed by atoms with Gasteiger partial charge in [0.2, 0.25) is 6.10 Å². The summed E-state index contributed by atoms with van der Waals surface area (Å²) >= 11 is 0. The SMILES string of the molecule is O=C(O[C@H](C(=O)Nc1ccc(F)cc1)c1ccccc1)c1ccc([N+](=O)[O-])cc1. The second kappa shape index (κ2) is 8.75. The molecular formula is C21H15FN2O5. The van der Waals surface area contributed by atoms with Crippen LogP contribution >= 0.6 is 0 Å². The highest BCUT2D eigenvalue weighted by molar-refractivity contribution is 5.98. The third-order valence-corrected chi connectivity index (χ3v) is 3.99. The maximum absolute atomic E-state index is 13.1. The molecule has 0 spiro atoms. The number of anilines is 1. The largest absolute Gasteiger partial charge is 0.444 e. The molecule has 0 unspecified atom stereocenters. The highest BCUT2D eigenvalue weighted by Crippen LogP contribution is 2.22. The van der Waals surface area contributed by atoms with E-state index >= 15 is 0 Å². The molecule has 0 aromatic heterocycles. The monoisotopic (exact) mass is 394 g/mol. The Labute approximate surface area is 164 Å². The lowest BCUT2D eigenvalue weighted by atomic mass is 10.1. The molecule has 0 saturated heterocycles. The number of non-ortho nitro benzene ring substituents is 1. The number of nitro groups is 1. The molecule has 29 heavy (non-hydrogen) atoms. The average Bonchev–Trinajstić information content (AvgIpc) is 2.74. The second-order valence-electron chi connectivity index (χ2n) is 6.00. The van der Waals surface area contributed by atoms with Gasteiger partial charge < -0.3 is 10.1 Å². The molecule has 0 saturated carbocycles. The Balaban J connectivity index is 1.81. The van der Waals surface area contributed by atoms with E-state index in [1.54, 1.807) is 30.3 Å². The van der Waals surface area contributed by atoms with E-state index in [-0.39, 0.29) is 11.3 Å². The van der Waals surface area contributed by atoms with Gasteiger partial charge in [0, 0.05) is 23.4 Å². The zero-order valence-electron chi connectivity index (χ0n) is 14.9. The molecule has 3 aromatic carbocycles. The molecule has 7 nitrogen and oxygen atoms in total. The molecule has 0 fully saturated rings. The van der Waals surface area contributed by atoms with Crippen molar-refractivity contribution in [1.29, 1.82) is 0 Å². The Kier molecular flexibility index (Phi) is 5.94. The number of halogens is 1. The molecule has 146 valence electrons. The molecule has 0 aliphatic rings. The Morgan fingerprint density at radius 2 is 1.55 bits per heavy atom. The minimum absolute atomic E-state index is 0.0612. The number of hydrogen-bond acceptors (Lipinski definition) is 5. The van der Waals surface area contributed by atoms with Crippen LogP contribution in [-0.2, 0) is 9.53 Å². The van der Waals surface area contributed by atoms with Crippen molar-refractivity contribution in [2.45, 2.75) is 6.10 Å². The van der Waals surface area contributed by atoms with Crippen molar-refractivity contribution >= 4 is 23.3 Å². The number of amides is 1. The minimum Gasteiger partial charge on any atom is -0.444 e. The van der Waals surface area contributed by atoms with Crippen molar-refractivity contribution in [1.82, 2.24) is 0 Å². The average molecular weight is 394 g/mol. The zero-order chi connectivity index (χ0) is 20.8. The summed E-state index contributed by atoms with van der Waals surface area (Å²) in [4.78, 5) is 35.4. The number of ether oxygens (including phenoxy) is 1. The molecule has 3 aromatic rings. The van der Waals surface area contributed by atoms with Crippen LogP contribution in [0.3, 0.4) is 0 Å². The molecule has 1 amide bonds. The lowest BCUT2D eigenvalue weighted by Crippen LogP contribution is -2.26. The first-order chi connectivity index (χ1) is 13.9. The van der Waals surface area contributed by atoms with Crippen LogP contribution in [0, 0.1) is 15.9 Å². The topological polar surface area (TPSA) is 98.5 Å². The summed E-state index contributed by atoms with van der Waals surface area (Å²) in [6.07, 6.45) is -1.27. The highest BCUT2D eigenvalue weighted by Gasteiger charge is 2.26. The summed E-state index contributed by atoms with van der Waals surface area (Å²) < 4.78 is 18.4. The molecule has 0 bridgehead atoms. The van der Waals surface area contributed by atoms with Crippen LogP contribution < -0.4 is 5.32 Å². The van der Waals surface area contributed by atoms with E-state index in [1.165, 1.54) is 48.5 Å². The van der Waals surface area contributed by atoms with Crippen molar-refractivity contribution in [2.75, 3.05) is 5.32 Å². The van der Waals surface area contributed by atoms with Gasteiger partial charge in [-0.05, 0) is 36.4 Å². The van der Waals surface area contributed by atoms with Crippen LogP contribution in [0.15, 0.2) is 78.9 Å². The van der Waals surface area contributed by atoms with Crippen molar-refractivity contribution in [2.24, 2.45) is 0 Å². The van der Waals surface area contributed by atoms with E-state index in [0.29, 0.717) is 11.3 Å². The Bertz CT molecular complexity index is 1020. The van der Waals surface area contributed by atoms with Gasteiger partial charge in [-0.15, -0.1) is 0 Å². The number of carbonyl (C=O) groups is 2. The quantitative estimate of drug-likeness (QED) is 0.382. The van der Waals surface area contributed by atoms with E-state index in [0.717, 1.165) is 0 Å². The molecule has 3 rings (SSSR count). The Morgan fingerprint density at radius 3 is 2.14 bits per heavy atom. The predicted molar refractivity (Wildman–Crippen MR) is 103 cm³/mol. The number of nitro benzene ring substituents is 1. The lowest BCUT2D eigenvalue weighted by molar-refractivity contribution is -0.384. The van der Waals surface area contributed by atoms with Crippen molar-refractivity contribution in [3.05, 3.63) is 106 Å². The number of esters is 1. The number of nitrogens with zero attached hydrogens (tertiary/aromatic N) is 1. The first-order valence-electron chi connectivity index (χ1n) is 8.51. The van der Waals surface area contributed by atoms with E-state index in [4.69, 9.17) is 4.74 Å². The summed E-state index contributed by atoms with van der Waals surface area (Å²) in [5, 5.41) is 13.3. The summed E-state index contributed by atoms with van der Waals surface area (Å²) in [5.74, 6) is -1.90. The van der Waals surface area contributed by atoms with Gasteiger partial charge in [-0.3, -0.25) is 14.9 Å². The summed E-state index contributed by atoms with van der Waals surface area (Å²) in [6, 6.07) is 18.4. The summed E-state index contributed by atoms with van der Waals surface area (Å²) in [7, 11) is 0. The number of hydrogen-bond donors (Lipinski definition) is 1. The summed E-state index contributed by atoms with van der Waals surface area (Å²) in [6.45, 7) is 0. The molecule has 0 aliphatic heterocycles. The van der Waals surface area contributed by atoms with Gasteiger partial charge in [0.15, 0.2) is 0 Å². The normalized spacial score (nSPS) is 11.3. The van der Waals surface area contributed by atoms with Crippen molar-refractivity contribution < 1.29 is 23.6 Å². The van der Waals surface area contributed by atoms with Crippen LogP contribution in [0.1, 0.15) is 22.0 Å². The van der Waals surface area contributed by atoms with E-state index in [2.05, 4.69) is 5.32 Å². The number of rotatable bonds is 6. The summed E-state index contributed by atoms with van der Waals surface area (Å²) in [5.41, 5.74) is 0.660. The van der Waals surface area contributed by atoms with Crippen LogP contribution in [-0.4, -0.2) is 16.8 Å². The first-order valence-corrected chi connectivity index (χ1v) is 8.51. The molecule has 0 radical (unpaired) electrons. The zero-order valence-corrected chi connectivity index (χ0v) is 14.9. The van der Waals surface area contributed by atoms with E-state index in [1.807, 2.05) is 0 Å². The van der Waals surface area contributed by atoms with Gasteiger partial charge in [0.05, 0.1) is 10.5 Å². The molecule has 8 heteroatoms. The fraction of sp³-hybridized carbons (Fsp3) is 0.0476. The maximum Gasteiger partial charge on any atom is 0.339 e. The Hall–Kier alpha value is -4.07. The third-order valence-electron chi connectivity index (χ3n) is 3.99. The smallest absolute Gasteiger partial charge is 0.339 e. The second-order valence-corrected chi connectivity index (χ2v) is 6.00. The number of carbonyl (C=O) groups excluding carboxylic acids is 2. The highest BCUT2D eigenvalue weighted by atomic mass is 19.1. The minimum atomic E-state index is -1.27. The molecule has 1 atom stereocenters. The van der Waals surface area contributed by atoms with Gasteiger partial charge in [0.1, 0.15) is 5.82 Å². The number of benzene rings is 3. The van der Waals surface area contributed by atoms with Gasteiger partial charge in [-0.25, -0.2) is 9.18 Å². The van der Waals surface area contributed by atoms with Gasteiger partial charge >= 0.3 is 5.97 Å². The van der Waals surface area contributed by atoms with Gasteiger partial charge in [0.25, 0.3) is 11.6 Å². The van der Waals surface area contributed by atoms with Gasteiger partial charge in [-0.2, -0.15) is 0 Å². The van der Waals surface area contributed by atoms with Crippen LogP contribution in [0.5, 0.6) is 0 Å². The fourth-order valence-electron chi connectivity index (χ4n) is 2.54.